The van der Waals surface area contributed by atoms with Gasteiger partial charge in [-0.25, -0.2) is 0 Å². The van der Waals surface area contributed by atoms with E-state index in [1.165, 1.54) is 5.56 Å². The summed E-state index contributed by atoms with van der Waals surface area (Å²) in [7, 11) is 4.94. The van der Waals surface area contributed by atoms with E-state index in [-0.39, 0.29) is 0 Å². The van der Waals surface area contributed by atoms with E-state index in [1.54, 1.807) is 21.3 Å². The molecule has 0 radical (unpaired) electrons. The number of fused-ring (bicyclic) bond motifs is 1. The molecule has 5 nitrogen and oxygen atoms in total. The second-order valence-corrected chi connectivity index (χ2v) is 9.15. The molecule has 0 unspecified atom stereocenters. The SMILES string of the molecule is COc1ccc(CC2=NCCc3cc(OC)c(OC)c(Br)c32)c(Br)c1OCc1ccccc1. The summed E-state index contributed by atoms with van der Waals surface area (Å²) in [5.41, 5.74) is 5.39. The van der Waals surface area contributed by atoms with Crippen molar-refractivity contribution in [2.75, 3.05) is 27.9 Å². The molecule has 3 aromatic rings. The van der Waals surface area contributed by atoms with Crippen LogP contribution in [0.4, 0.5) is 0 Å². The van der Waals surface area contributed by atoms with Gasteiger partial charge in [0.1, 0.15) is 6.61 Å². The second kappa shape index (κ2) is 10.6. The van der Waals surface area contributed by atoms with Crippen LogP contribution in [0.25, 0.3) is 0 Å². The fourth-order valence-electron chi connectivity index (χ4n) is 3.97. The minimum Gasteiger partial charge on any atom is -0.493 e. The molecule has 0 saturated carbocycles. The first-order valence-electron chi connectivity index (χ1n) is 10.6. The number of rotatable bonds is 8. The van der Waals surface area contributed by atoms with E-state index in [4.69, 9.17) is 23.9 Å². The molecule has 0 fully saturated rings. The first-order chi connectivity index (χ1) is 16.1. The lowest BCUT2D eigenvalue weighted by atomic mass is 9.93. The molecule has 4 rings (SSSR count). The first-order valence-corrected chi connectivity index (χ1v) is 12.1. The monoisotopic (exact) mass is 573 g/mol. The van der Waals surface area contributed by atoms with Crippen molar-refractivity contribution in [1.29, 1.82) is 0 Å². The molecule has 172 valence electrons. The van der Waals surface area contributed by atoms with Gasteiger partial charge in [-0.15, -0.1) is 0 Å². The molecular formula is C26H25Br2NO4. The number of ether oxygens (including phenoxy) is 4. The molecule has 1 aliphatic heterocycles. The van der Waals surface area contributed by atoms with Crippen molar-refractivity contribution in [3.63, 3.8) is 0 Å². The van der Waals surface area contributed by atoms with Crippen LogP contribution in [0.5, 0.6) is 23.0 Å². The molecule has 7 heteroatoms. The molecule has 0 spiro atoms. The highest BCUT2D eigenvalue weighted by Gasteiger charge is 2.25. The summed E-state index contributed by atoms with van der Waals surface area (Å²) in [5, 5.41) is 0. The Morgan fingerprint density at radius 1 is 0.848 bits per heavy atom. The highest BCUT2D eigenvalue weighted by Crippen LogP contribution is 2.43. The summed E-state index contributed by atoms with van der Waals surface area (Å²) >= 11 is 7.50. The Morgan fingerprint density at radius 2 is 1.61 bits per heavy atom. The van der Waals surface area contributed by atoms with Crippen LogP contribution in [-0.2, 0) is 19.4 Å². The van der Waals surface area contributed by atoms with Crippen molar-refractivity contribution < 1.29 is 18.9 Å². The van der Waals surface area contributed by atoms with Crippen LogP contribution in [0.15, 0.2) is 62.5 Å². The standard InChI is InChI=1S/C26H25Br2NO4/c1-30-20-10-9-18(23(27)26(20)33-15-16-7-5-4-6-8-16)13-19-22-17(11-12-29-19)14-21(31-2)25(32-3)24(22)28/h4-10,14H,11-13,15H2,1-3H3. The van der Waals surface area contributed by atoms with Gasteiger partial charge in [0.2, 0.25) is 0 Å². The zero-order valence-corrected chi connectivity index (χ0v) is 22.0. The molecule has 0 N–H and O–H groups in total. The lowest BCUT2D eigenvalue weighted by Crippen LogP contribution is -2.17. The molecular weight excluding hydrogens is 550 g/mol. The number of hydrogen-bond acceptors (Lipinski definition) is 5. The third kappa shape index (κ3) is 4.89. The van der Waals surface area contributed by atoms with Gasteiger partial charge < -0.3 is 18.9 Å². The molecule has 0 aromatic heterocycles. The van der Waals surface area contributed by atoms with E-state index in [1.807, 2.05) is 48.5 Å². The molecule has 0 aliphatic carbocycles. The fourth-order valence-corrected chi connectivity index (χ4v) is 5.39. The van der Waals surface area contributed by atoms with Crippen molar-refractivity contribution in [1.82, 2.24) is 0 Å². The predicted octanol–water partition coefficient (Wildman–Crippen LogP) is 6.40. The quantitative estimate of drug-likeness (QED) is 0.312. The highest BCUT2D eigenvalue weighted by atomic mass is 79.9. The minimum absolute atomic E-state index is 0.450. The Bertz CT molecular complexity index is 1180. The zero-order chi connectivity index (χ0) is 23.4. The van der Waals surface area contributed by atoms with Crippen molar-refractivity contribution in [3.05, 3.63) is 79.7 Å². The number of halogens is 2. The zero-order valence-electron chi connectivity index (χ0n) is 18.8. The Kier molecular flexibility index (Phi) is 7.60. The van der Waals surface area contributed by atoms with E-state index in [9.17, 15) is 0 Å². The summed E-state index contributed by atoms with van der Waals surface area (Å²) in [6.07, 6.45) is 1.49. The number of nitrogens with zero attached hydrogens (tertiary/aromatic N) is 1. The van der Waals surface area contributed by atoms with E-state index in [0.717, 1.165) is 44.3 Å². The average molecular weight is 575 g/mol. The maximum absolute atomic E-state index is 6.18. The molecule has 0 atom stereocenters. The topological polar surface area (TPSA) is 49.3 Å². The average Bonchev–Trinajstić information content (AvgIpc) is 2.84. The normalized spacial score (nSPS) is 12.6. The summed E-state index contributed by atoms with van der Waals surface area (Å²) in [4.78, 5) is 4.86. The molecule has 33 heavy (non-hydrogen) atoms. The van der Waals surface area contributed by atoms with Gasteiger partial charge >= 0.3 is 0 Å². The summed E-state index contributed by atoms with van der Waals surface area (Å²) in [6, 6.07) is 16.1. The highest BCUT2D eigenvalue weighted by molar-refractivity contribution is 9.11. The summed E-state index contributed by atoms with van der Waals surface area (Å²) in [5.74, 6) is 2.75. The van der Waals surface area contributed by atoms with Gasteiger partial charge in [-0.05, 0) is 67.1 Å². The van der Waals surface area contributed by atoms with Crippen molar-refractivity contribution in [2.24, 2.45) is 4.99 Å². The second-order valence-electron chi connectivity index (χ2n) is 7.56. The Morgan fingerprint density at radius 3 is 2.30 bits per heavy atom. The number of hydrogen-bond donors (Lipinski definition) is 0. The number of benzene rings is 3. The van der Waals surface area contributed by atoms with Gasteiger partial charge in [-0.3, -0.25) is 4.99 Å². The molecule has 3 aromatic carbocycles. The molecule has 1 heterocycles. The maximum atomic E-state index is 6.18. The van der Waals surface area contributed by atoms with Crippen LogP contribution in [0.3, 0.4) is 0 Å². The molecule has 0 amide bonds. The smallest absolute Gasteiger partial charge is 0.176 e. The van der Waals surface area contributed by atoms with Crippen LogP contribution < -0.4 is 18.9 Å². The van der Waals surface area contributed by atoms with E-state index < -0.39 is 0 Å². The van der Waals surface area contributed by atoms with Crippen molar-refractivity contribution in [3.8, 4) is 23.0 Å². The third-order valence-electron chi connectivity index (χ3n) is 5.61. The fraction of sp³-hybridized carbons (Fsp3) is 0.269. The lowest BCUT2D eigenvalue weighted by Gasteiger charge is -2.23. The van der Waals surface area contributed by atoms with Crippen LogP contribution in [-0.4, -0.2) is 33.6 Å². The Balaban J connectivity index is 1.67. The van der Waals surface area contributed by atoms with Gasteiger partial charge in [-0.1, -0.05) is 36.4 Å². The third-order valence-corrected chi connectivity index (χ3v) is 7.24. The lowest BCUT2D eigenvalue weighted by molar-refractivity contribution is 0.282. The van der Waals surface area contributed by atoms with Gasteiger partial charge in [0.15, 0.2) is 23.0 Å². The number of aliphatic imine (C=N–C) groups is 1. The van der Waals surface area contributed by atoms with E-state index in [0.29, 0.717) is 36.0 Å². The summed E-state index contributed by atoms with van der Waals surface area (Å²) < 4.78 is 24.6. The molecule has 0 saturated heterocycles. The van der Waals surface area contributed by atoms with Gasteiger partial charge in [-0.2, -0.15) is 0 Å². The van der Waals surface area contributed by atoms with Crippen molar-refractivity contribution in [2.45, 2.75) is 19.4 Å². The van der Waals surface area contributed by atoms with Crippen LogP contribution in [0, 0.1) is 0 Å². The van der Waals surface area contributed by atoms with E-state index >= 15 is 0 Å². The van der Waals surface area contributed by atoms with Gasteiger partial charge in [0.05, 0.1) is 30.3 Å². The van der Waals surface area contributed by atoms with Gasteiger partial charge in [0.25, 0.3) is 0 Å². The van der Waals surface area contributed by atoms with Crippen LogP contribution in [0.1, 0.15) is 22.3 Å². The molecule has 1 aliphatic rings. The van der Waals surface area contributed by atoms with Crippen LogP contribution in [0.2, 0.25) is 0 Å². The summed E-state index contributed by atoms with van der Waals surface area (Å²) in [6.45, 7) is 1.18. The van der Waals surface area contributed by atoms with Gasteiger partial charge in [0, 0.05) is 24.2 Å². The largest absolute Gasteiger partial charge is 0.493 e. The minimum atomic E-state index is 0.450. The van der Waals surface area contributed by atoms with Crippen molar-refractivity contribution >= 4 is 37.6 Å². The number of methoxy groups -OCH3 is 3. The predicted molar refractivity (Wildman–Crippen MR) is 138 cm³/mol. The maximum Gasteiger partial charge on any atom is 0.176 e. The molecule has 0 bridgehead atoms. The first kappa shape index (κ1) is 23.6. The Labute approximate surface area is 211 Å². The Hall–Kier alpha value is -2.51. The van der Waals surface area contributed by atoms with Crippen LogP contribution >= 0.6 is 31.9 Å². The van der Waals surface area contributed by atoms with E-state index in [2.05, 4.69) is 31.9 Å².